The number of hydrogen-bond donors (Lipinski definition) is 2. The van der Waals surface area contributed by atoms with Crippen molar-refractivity contribution < 1.29 is 19.2 Å². The molecule has 138 valence electrons. The maximum Gasteiger partial charge on any atom is 0.311 e. The molecule has 2 amide bonds. The van der Waals surface area contributed by atoms with E-state index in [2.05, 4.69) is 10.9 Å². The van der Waals surface area contributed by atoms with Crippen LogP contribution in [0.25, 0.3) is 10.9 Å². The molecule has 1 aromatic heterocycles. The highest BCUT2D eigenvalue weighted by Crippen LogP contribution is 2.27. The van der Waals surface area contributed by atoms with Crippen molar-refractivity contribution in [1.29, 1.82) is 0 Å². The topological polar surface area (TPSA) is 116 Å². The molecule has 27 heavy (non-hydrogen) atoms. The van der Waals surface area contributed by atoms with E-state index in [1.165, 1.54) is 19.2 Å². The molecule has 2 aromatic carbocycles. The summed E-state index contributed by atoms with van der Waals surface area (Å²) in [4.78, 5) is 35.1. The Kier molecular flexibility index (Phi) is 4.75. The zero-order chi connectivity index (χ0) is 19.6. The van der Waals surface area contributed by atoms with Gasteiger partial charge in [-0.15, -0.1) is 0 Å². The fourth-order valence-electron chi connectivity index (χ4n) is 2.75. The minimum atomic E-state index is -0.686. The van der Waals surface area contributed by atoms with Crippen LogP contribution in [0.15, 0.2) is 48.7 Å². The molecule has 3 rings (SSSR count). The number of nitrogens with one attached hydrogen (secondary N) is 2. The number of para-hydroxylation sites is 1. The third kappa shape index (κ3) is 3.43. The van der Waals surface area contributed by atoms with Gasteiger partial charge >= 0.3 is 5.69 Å². The van der Waals surface area contributed by atoms with Crippen molar-refractivity contribution in [3.05, 3.63) is 69.9 Å². The monoisotopic (exact) mass is 368 g/mol. The Labute approximate surface area is 153 Å². The summed E-state index contributed by atoms with van der Waals surface area (Å²) < 4.78 is 6.70. The lowest BCUT2D eigenvalue weighted by Gasteiger charge is -2.08. The SMILES string of the molecule is COc1ccc(C(=O)NNC(=O)c2cn(C)c3ccccc23)cc1[N+](=O)[O-]. The summed E-state index contributed by atoms with van der Waals surface area (Å²) in [6, 6.07) is 11.1. The first-order valence-corrected chi connectivity index (χ1v) is 7.89. The number of methoxy groups -OCH3 is 1. The minimum absolute atomic E-state index is 0.0146. The predicted molar refractivity (Wildman–Crippen MR) is 97.5 cm³/mol. The van der Waals surface area contributed by atoms with Crippen LogP contribution in [0.4, 0.5) is 5.69 Å². The van der Waals surface area contributed by atoms with Gasteiger partial charge in [0.2, 0.25) is 0 Å². The summed E-state index contributed by atoms with van der Waals surface area (Å²) >= 11 is 0. The van der Waals surface area contributed by atoms with E-state index in [4.69, 9.17) is 4.74 Å². The molecule has 0 spiro atoms. The van der Waals surface area contributed by atoms with E-state index in [0.717, 1.165) is 17.0 Å². The highest BCUT2D eigenvalue weighted by atomic mass is 16.6. The van der Waals surface area contributed by atoms with Gasteiger partial charge < -0.3 is 9.30 Å². The number of hydrazine groups is 1. The van der Waals surface area contributed by atoms with Gasteiger partial charge in [0.15, 0.2) is 5.75 Å². The van der Waals surface area contributed by atoms with E-state index in [9.17, 15) is 19.7 Å². The van der Waals surface area contributed by atoms with E-state index in [1.807, 2.05) is 25.2 Å². The number of carbonyl (C=O) groups is 2. The second-order valence-electron chi connectivity index (χ2n) is 5.72. The minimum Gasteiger partial charge on any atom is -0.490 e. The fraction of sp³-hybridized carbons (Fsp3) is 0.111. The number of aromatic nitrogens is 1. The number of ether oxygens (including phenoxy) is 1. The molecule has 3 aromatic rings. The number of rotatable bonds is 4. The Balaban J connectivity index is 1.76. The van der Waals surface area contributed by atoms with Gasteiger partial charge in [-0.25, -0.2) is 0 Å². The average Bonchev–Trinajstić information content (AvgIpc) is 3.02. The van der Waals surface area contributed by atoms with Crippen molar-refractivity contribution in [3.63, 3.8) is 0 Å². The lowest BCUT2D eigenvalue weighted by molar-refractivity contribution is -0.385. The van der Waals surface area contributed by atoms with E-state index in [0.29, 0.717) is 5.56 Å². The second kappa shape index (κ2) is 7.16. The van der Waals surface area contributed by atoms with E-state index in [-0.39, 0.29) is 17.0 Å². The van der Waals surface area contributed by atoms with Crippen LogP contribution in [-0.4, -0.2) is 28.4 Å². The van der Waals surface area contributed by atoms with Gasteiger partial charge in [0, 0.05) is 35.8 Å². The molecular formula is C18H16N4O5. The first kappa shape index (κ1) is 17.9. The van der Waals surface area contributed by atoms with E-state index >= 15 is 0 Å². The Morgan fingerprint density at radius 2 is 1.81 bits per heavy atom. The summed E-state index contributed by atoms with van der Waals surface area (Å²) in [5.74, 6) is -1.14. The zero-order valence-electron chi connectivity index (χ0n) is 14.6. The molecule has 0 saturated carbocycles. The number of carbonyl (C=O) groups excluding carboxylic acids is 2. The van der Waals surface area contributed by atoms with E-state index < -0.39 is 16.7 Å². The molecule has 0 radical (unpaired) electrons. The number of amides is 2. The molecular weight excluding hydrogens is 352 g/mol. The number of hydrogen-bond acceptors (Lipinski definition) is 5. The summed E-state index contributed by atoms with van der Waals surface area (Å²) in [7, 11) is 3.11. The van der Waals surface area contributed by atoms with Crippen LogP contribution in [0, 0.1) is 10.1 Å². The van der Waals surface area contributed by atoms with Crippen LogP contribution in [0.5, 0.6) is 5.75 Å². The normalized spacial score (nSPS) is 10.4. The number of benzene rings is 2. The first-order valence-electron chi connectivity index (χ1n) is 7.89. The van der Waals surface area contributed by atoms with Gasteiger partial charge in [-0.2, -0.15) is 0 Å². The fourth-order valence-corrected chi connectivity index (χ4v) is 2.75. The second-order valence-corrected chi connectivity index (χ2v) is 5.72. The molecule has 0 unspecified atom stereocenters. The van der Waals surface area contributed by atoms with Crippen molar-refractivity contribution >= 4 is 28.4 Å². The van der Waals surface area contributed by atoms with Gasteiger partial charge in [0.1, 0.15) is 0 Å². The van der Waals surface area contributed by atoms with Gasteiger partial charge in [0.05, 0.1) is 17.6 Å². The van der Waals surface area contributed by atoms with Crippen LogP contribution in [0.1, 0.15) is 20.7 Å². The third-order valence-corrected chi connectivity index (χ3v) is 4.07. The Morgan fingerprint density at radius 1 is 1.11 bits per heavy atom. The average molecular weight is 368 g/mol. The smallest absolute Gasteiger partial charge is 0.311 e. The van der Waals surface area contributed by atoms with Gasteiger partial charge in [-0.05, 0) is 18.2 Å². The summed E-state index contributed by atoms with van der Waals surface area (Å²) in [5, 5.41) is 11.8. The molecule has 0 aliphatic carbocycles. The number of nitrogens with zero attached hydrogens (tertiary/aromatic N) is 2. The molecule has 2 N–H and O–H groups in total. The van der Waals surface area contributed by atoms with Crippen molar-refractivity contribution in [2.45, 2.75) is 0 Å². The maximum absolute atomic E-state index is 12.4. The standard InChI is InChI=1S/C18H16N4O5/c1-21-10-13(12-5-3-4-6-14(12)21)18(24)20-19-17(23)11-7-8-16(27-2)15(9-11)22(25)26/h3-10H,1-2H3,(H,19,23)(H,20,24). The Morgan fingerprint density at radius 3 is 2.52 bits per heavy atom. The molecule has 0 aliphatic rings. The molecule has 0 atom stereocenters. The number of nitro benzene ring substituents is 1. The van der Waals surface area contributed by atoms with Gasteiger partial charge in [-0.3, -0.25) is 30.6 Å². The third-order valence-electron chi connectivity index (χ3n) is 4.07. The lowest BCUT2D eigenvalue weighted by Crippen LogP contribution is -2.41. The predicted octanol–water partition coefficient (Wildman–Crippen LogP) is 2.17. The molecule has 1 heterocycles. The van der Waals surface area contributed by atoms with Crippen LogP contribution in [-0.2, 0) is 7.05 Å². The highest BCUT2D eigenvalue weighted by molar-refractivity contribution is 6.08. The number of fused-ring (bicyclic) bond motifs is 1. The Bertz CT molecular complexity index is 1060. The number of nitro groups is 1. The largest absolute Gasteiger partial charge is 0.490 e. The van der Waals surface area contributed by atoms with Crippen LogP contribution >= 0.6 is 0 Å². The van der Waals surface area contributed by atoms with Crippen LogP contribution < -0.4 is 15.6 Å². The van der Waals surface area contributed by atoms with Crippen molar-refractivity contribution in [2.24, 2.45) is 7.05 Å². The molecule has 0 aliphatic heterocycles. The summed E-state index contributed by atoms with van der Waals surface area (Å²) in [5.41, 5.74) is 5.54. The lowest BCUT2D eigenvalue weighted by atomic mass is 10.1. The highest BCUT2D eigenvalue weighted by Gasteiger charge is 2.19. The van der Waals surface area contributed by atoms with Crippen LogP contribution in [0.2, 0.25) is 0 Å². The maximum atomic E-state index is 12.4. The molecule has 9 heteroatoms. The molecule has 9 nitrogen and oxygen atoms in total. The molecule has 0 bridgehead atoms. The quantitative estimate of drug-likeness (QED) is 0.541. The summed E-state index contributed by atoms with van der Waals surface area (Å²) in [6.07, 6.45) is 1.66. The van der Waals surface area contributed by atoms with Crippen LogP contribution in [0.3, 0.4) is 0 Å². The van der Waals surface area contributed by atoms with Crippen molar-refractivity contribution in [1.82, 2.24) is 15.4 Å². The zero-order valence-corrected chi connectivity index (χ0v) is 14.6. The van der Waals surface area contributed by atoms with Gasteiger partial charge in [0.25, 0.3) is 11.8 Å². The number of aryl methyl sites for hydroxylation is 1. The first-order chi connectivity index (χ1) is 12.9. The van der Waals surface area contributed by atoms with Crippen molar-refractivity contribution in [3.8, 4) is 5.75 Å². The van der Waals surface area contributed by atoms with Crippen molar-refractivity contribution in [2.75, 3.05) is 7.11 Å². The molecule has 0 saturated heterocycles. The van der Waals surface area contributed by atoms with Gasteiger partial charge in [-0.1, -0.05) is 18.2 Å². The van der Waals surface area contributed by atoms with E-state index in [1.54, 1.807) is 16.8 Å². The summed E-state index contributed by atoms with van der Waals surface area (Å²) in [6.45, 7) is 0. The molecule has 0 fully saturated rings. The Hall–Kier alpha value is -3.88.